The van der Waals surface area contributed by atoms with E-state index < -0.39 is 0 Å². The van der Waals surface area contributed by atoms with Crippen molar-refractivity contribution in [2.75, 3.05) is 5.32 Å². The maximum absolute atomic E-state index is 11.5. The van der Waals surface area contributed by atoms with Gasteiger partial charge in [0.2, 0.25) is 5.91 Å². The molecule has 0 spiro atoms. The molecule has 0 saturated carbocycles. The minimum atomic E-state index is -0.224. The molecule has 0 unspecified atom stereocenters. The fourth-order valence-electron chi connectivity index (χ4n) is 2.01. The van der Waals surface area contributed by atoms with E-state index in [9.17, 15) is 4.79 Å². The summed E-state index contributed by atoms with van der Waals surface area (Å²) < 4.78 is 0. The van der Waals surface area contributed by atoms with E-state index in [1.807, 2.05) is 19.9 Å². The fraction of sp³-hybridized carbons (Fsp3) is 0.364. The molecular weight excluding hydrogens is 204 g/mol. The highest BCUT2D eigenvalue weighted by molar-refractivity contribution is 5.95. The van der Waals surface area contributed by atoms with E-state index in [-0.39, 0.29) is 11.3 Å². The van der Waals surface area contributed by atoms with Crippen molar-refractivity contribution in [3.63, 3.8) is 0 Å². The molecule has 0 saturated heterocycles. The lowest BCUT2D eigenvalue weighted by atomic mass is 9.78. The van der Waals surface area contributed by atoms with Crippen molar-refractivity contribution in [2.45, 2.75) is 25.7 Å². The number of hydrogen-bond donors (Lipinski definition) is 1. The van der Waals surface area contributed by atoms with Gasteiger partial charge in [0.05, 0.1) is 0 Å². The first-order valence-electron chi connectivity index (χ1n) is 5.02. The number of anilines is 1. The summed E-state index contributed by atoms with van der Waals surface area (Å²) in [5.41, 5.74) is 10.6. The molecule has 1 aliphatic rings. The Labute approximate surface area is 93.1 Å². The summed E-state index contributed by atoms with van der Waals surface area (Å²) in [6.45, 7) is 4.01. The van der Waals surface area contributed by atoms with Crippen LogP contribution < -0.4 is 5.32 Å². The Morgan fingerprint density at radius 2 is 2.25 bits per heavy atom. The first kappa shape index (κ1) is 10.5. The second-order valence-electron chi connectivity index (χ2n) is 4.53. The first-order chi connectivity index (χ1) is 7.53. The third kappa shape index (κ3) is 1.73. The first-order valence-corrected chi connectivity index (χ1v) is 5.02. The van der Waals surface area contributed by atoms with Crippen LogP contribution >= 0.6 is 0 Å². The molecule has 1 aromatic rings. The zero-order chi connectivity index (χ0) is 11.8. The quantitative estimate of drug-likeness (QED) is 0.436. The van der Waals surface area contributed by atoms with Gasteiger partial charge in [0.1, 0.15) is 0 Å². The molecule has 1 amide bonds. The average molecular weight is 216 g/mol. The predicted molar refractivity (Wildman–Crippen MR) is 61.5 cm³/mol. The van der Waals surface area contributed by atoms with Crippen LogP contribution in [-0.2, 0) is 10.2 Å². The van der Waals surface area contributed by atoms with Gasteiger partial charge in [0.25, 0.3) is 0 Å². The Balaban J connectivity index is 2.56. The van der Waals surface area contributed by atoms with E-state index in [0.29, 0.717) is 12.1 Å². The number of amides is 1. The Morgan fingerprint density at radius 3 is 2.94 bits per heavy atom. The highest BCUT2D eigenvalue weighted by atomic mass is 16.1. The fourth-order valence-corrected chi connectivity index (χ4v) is 2.01. The molecule has 5 heteroatoms. The monoisotopic (exact) mass is 216 g/mol. The third-order valence-electron chi connectivity index (χ3n) is 2.77. The van der Waals surface area contributed by atoms with Gasteiger partial charge in [-0.3, -0.25) is 4.79 Å². The van der Waals surface area contributed by atoms with E-state index in [1.165, 1.54) is 0 Å². The van der Waals surface area contributed by atoms with Crippen molar-refractivity contribution in [3.8, 4) is 0 Å². The number of azide groups is 1. The third-order valence-corrected chi connectivity index (χ3v) is 2.77. The van der Waals surface area contributed by atoms with Crippen LogP contribution in [0.2, 0.25) is 0 Å². The molecule has 1 N–H and O–H groups in total. The van der Waals surface area contributed by atoms with E-state index in [4.69, 9.17) is 5.53 Å². The molecule has 5 nitrogen and oxygen atoms in total. The highest BCUT2D eigenvalue weighted by Crippen LogP contribution is 2.38. The Morgan fingerprint density at radius 1 is 1.50 bits per heavy atom. The molecule has 16 heavy (non-hydrogen) atoms. The smallest absolute Gasteiger partial charge is 0.225 e. The molecule has 0 aromatic heterocycles. The number of nitrogens with zero attached hydrogens (tertiary/aromatic N) is 3. The largest absolute Gasteiger partial charge is 0.326 e. The van der Waals surface area contributed by atoms with Gasteiger partial charge in [-0.05, 0) is 23.2 Å². The van der Waals surface area contributed by atoms with Gasteiger partial charge < -0.3 is 5.32 Å². The molecule has 0 aliphatic carbocycles. The van der Waals surface area contributed by atoms with Gasteiger partial charge in [-0.25, -0.2) is 0 Å². The number of hydrogen-bond acceptors (Lipinski definition) is 2. The van der Waals surface area contributed by atoms with Crippen LogP contribution in [0.25, 0.3) is 10.4 Å². The summed E-state index contributed by atoms with van der Waals surface area (Å²) >= 11 is 0. The van der Waals surface area contributed by atoms with Gasteiger partial charge in [0, 0.05) is 28.1 Å². The number of fused-ring (bicyclic) bond motifs is 1. The van der Waals surface area contributed by atoms with Crippen LogP contribution in [0.1, 0.15) is 25.8 Å². The summed E-state index contributed by atoms with van der Waals surface area (Å²) in [6, 6.07) is 5.30. The van der Waals surface area contributed by atoms with E-state index in [1.54, 1.807) is 12.1 Å². The van der Waals surface area contributed by atoms with Crippen molar-refractivity contribution in [1.29, 1.82) is 0 Å². The summed E-state index contributed by atoms with van der Waals surface area (Å²) in [7, 11) is 0. The summed E-state index contributed by atoms with van der Waals surface area (Å²) in [5, 5.41) is 6.38. The molecule has 0 radical (unpaired) electrons. The van der Waals surface area contributed by atoms with Crippen LogP contribution in [0.15, 0.2) is 23.3 Å². The molecule has 82 valence electrons. The van der Waals surface area contributed by atoms with Gasteiger partial charge in [-0.1, -0.05) is 25.0 Å². The van der Waals surface area contributed by atoms with Gasteiger partial charge in [0.15, 0.2) is 0 Å². The molecule has 1 aliphatic heterocycles. The second-order valence-corrected chi connectivity index (χ2v) is 4.53. The lowest BCUT2D eigenvalue weighted by molar-refractivity contribution is -0.117. The van der Waals surface area contributed by atoms with Crippen LogP contribution in [0.3, 0.4) is 0 Å². The van der Waals surface area contributed by atoms with Crippen molar-refractivity contribution in [2.24, 2.45) is 5.11 Å². The topological polar surface area (TPSA) is 77.9 Å². The van der Waals surface area contributed by atoms with Gasteiger partial charge >= 0.3 is 0 Å². The zero-order valence-electron chi connectivity index (χ0n) is 9.19. The number of benzene rings is 1. The number of carbonyl (C=O) groups is 1. The molecule has 0 bridgehead atoms. The highest BCUT2D eigenvalue weighted by Gasteiger charge is 2.31. The summed E-state index contributed by atoms with van der Waals surface area (Å²) in [4.78, 5) is 14.2. The Kier molecular flexibility index (Phi) is 2.33. The lowest BCUT2D eigenvalue weighted by Crippen LogP contribution is -2.32. The number of carbonyl (C=O) groups excluding carboxylic acids is 1. The number of nitrogens with one attached hydrogen (secondary N) is 1. The standard InChI is InChI=1S/C11H12N4O/c1-11(2)6-10(16)13-9-4-3-7(14-15-12)5-8(9)11/h3-5H,6H2,1-2H3,(H,13,16). The SMILES string of the molecule is CC1(C)CC(=O)Nc2ccc(N=[N+]=[N-])cc21. The van der Waals surface area contributed by atoms with Crippen molar-refractivity contribution < 1.29 is 4.79 Å². The molecule has 0 atom stereocenters. The van der Waals surface area contributed by atoms with Crippen molar-refractivity contribution in [1.82, 2.24) is 0 Å². The molecule has 1 aromatic carbocycles. The molecule has 0 fully saturated rings. The van der Waals surface area contributed by atoms with E-state index in [2.05, 4.69) is 15.3 Å². The summed E-state index contributed by atoms with van der Waals surface area (Å²) in [6.07, 6.45) is 0.444. The maximum Gasteiger partial charge on any atom is 0.225 e. The van der Waals surface area contributed by atoms with Crippen LogP contribution in [0, 0.1) is 0 Å². The number of rotatable bonds is 1. The van der Waals surface area contributed by atoms with E-state index >= 15 is 0 Å². The van der Waals surface area contributed by atoms with Crippen LogP contribution in [-0.4, -0.2) is 5.91 Å². The predicted octanol–water partition coefficient (Wildman–Crippen LogP) is 3.25. The van der Waals surface area contributed by atoms with Crippen LogP contribution in [0.5, 0.6) is 0 Å². The van der Waals surface area contributed by atoms with Gasteiger partial charge in [-0.15, -0.1) is 0 Å². The minimum Gasteiger partial charge on any atom is -0.326 e. The van der Waals surface area contributed by atoms with Crippen molar-refractivity contribution >= 4 is 17.3 Å². The normalized spacial score (nSPS) is 17.0. The summed E-state index contributed by atoms with van der Waals surface area (Å²) in [5.74, 6) is 0.0223. The Bertz CT molecular complexity index is 501. The van der Waals surface area contributed by atoms with Crippen LogP contribution in [0.4, 0.5) is 11.4 Å². The van der Waals surface area contributed by atoms with Gasteiger partial charge in [-0.2, -0.15) is 0 Å². The Hall–Kier alpha value is -2.00. The molecular formula is C11H12N4O. The van der Waals surface area contributed by atoms with E-state index in [0.717, 1.165) is 11.3 Å². The average Bonchev–Trinajstić information content (AvgIpc) is 2.18. The molecule has 1 heterocycles. The minimum absolute atomic E-state index is 0.0223. The zero-order valence-corrected chi connectivity index (χ0v) is 9.19. The second kappa shape index (κ2) is 3.54. The van der Waals surface area contributed by atoms with Crippen molar-refractivity contribution in [3.05, 3.63) is 34.2 Å². The maximum atomic E-state index is 11.5. The molecule has 2 rings (SSSR count). The lowest BCUT2D eigenvalue weighted by Gasteiger charge is -2.32.